The van der Waals surface area contributed by atoms with Gasteiger partial charge in [0, 0.05) is 34.7 Å². The number of amides is 1. The van der Waals surface area contributed by atoms with Crippen LogP contribution in [0.25, 0.3) is 10.9 Å². The average molecular weight is 454 g/mol. The molecule has 1 fully saturated rings. The number of phenolic OH excluding ortho intramolecular Hbond substituents is 1. The van der Waals surface area contributed by atoms with E-state index in [1.165, 1.54) is 32.1 Å². The van der Waals surface area contributed by atoms with Crippen molar-refractivity contribution < 1.29 is 9.90 Å². The first-order chi connectivity index (χ1) is 14.1. The van der Waals surface area contributed by atoms with Crippen LogP contribution in [0.15, 0.2) is 34.8 Å². The summed E-state index contributed by atoms with van der Waals surface area (Å²) < 4.78 is 1.01. The maximum Gasteiger partial charge on any atom is 0.258 e. The molecule has 2 N–H and O–H groups in total. The number of hydrogen-bond donors (Lipinski definition) is 2. The smallest absolute Gasteiger partial charge is 0.258 e. The number of rotatable bonds is 3. The first-order valence-corrected chi connectivity index (χ1v) is 11.1. The van der Waals surface area contributed by atoms with Crippen molar-refractivity contribution >= 4 is 32.7 Å². The number of carbonyl (C=O) groups excluding carboxylic acids is 1. The highest BCUT2D eigenvalue weighted by Crippen LogP contribution is 2.33. The highest BCUT2D eigenvalue weighted by molar-refractivity contribution is 9.10. The van der Waals surface area contributed by atoms with Crippen LogP contribution in [0.4, 0.5) is 0 Å². The zero-order chi connectivity index (χ0) is 20.0. The molecule has 2 aromatic carbocycles. The number of nitrogens with zero attached hydrogens (tertiary/aromatic N) is 2. The number of aromatic hydroxyl groups is 1. The van der Waals surface area contributed by atoms with Crippen LogP contribution >= 0.6 is 15.9 Å². The normalized spacial score (nSPS) is 17.1. The van der Waals surface area contributed by atoms with Crippen LogP contribution in [0, 0.1) is 5.92 Å². The summed E-state index contributed by atoms with van der Waals surface area (Å²) in [6, 6.07) is 9.55. The molecule has 1 saturated carbocycles. The van der Waals surface area contributed by atoms with Gasteiger partial charge in [-0.25, -0.2) is 0 Å². The summed E-state index contributed by atoms with van der Waals surface area (Å²) in [5, 5.41) is 19.0. The van der Waals surface area contributed by atoms with Crippen molar-refractivity contribution in [1.29, 1.82) is 0 Å². The lowest BCUT2D eigenvalue weighted by atomic mass is 9.85. The van der Waals surface area contributed by atoms with Crippen molar-refractivity contribution in [2.75, 3.05) is 0 Å². The van der Waals surface area contributed by atoms with E-state index < -0.39 is 0 Å². The fourth-order valence-corrected chi connectivity index (χ4v) is 5.19. The molecule has 5 nitrogen and oxygen atoms in total. The molecule has 1 aromatic heterocycles. The van der Waals surface area contributed by atoms with E-state index in [0.29, 0.717) is 24.6 Å². The molecule has 0 bridgehead atoms. The lowest BCUT2D eigenvalue weighted by Crippen LogP contribution is -2.25. The first-order valence-electron chi connectivity index (χ1n) is 10.3. The average Bonchev–Trinajstić information content (AvgIpc) is 3.31. The van der Waals surface area contributed by atoms with Gasteiger partial charge in [-0.3, -0.25) is 9.89 Å². The standard InChI is InChI=1S/C23H24BrN3O2/c24-17-7-6-15-12-27(13-16(15)9-17)23(29)19-10-18-20(8-14-4-2-1-3-5-14)25-26-21(18)11-22(19)28/h6-7,9-11,14,28H,1-5,8,12-13H2,(H,25,26). The Morgan fingerprint density at radius 3 is 2.76 bits per heavy atom. The molecular formula is C23H24BrN3O2. The molecular weight excluding hydrogens is 430 g/mol. The van der Waals surface area contributed by atoms with E-state index in [-0.39, 0.29) is 11.7 Å². The van der Waals surface area contributed by atoms with Gasteiger partial charge in [-0.05, 0) is 41.7 Å². The van der Waals surface area contributed by atoms with Gasteiger partial charge in [-0.1, -0.05) is 54.1 Å². The van der Waals surface area contributed by atoms with E-state index in [1.807, 2.05) is 18.2 Å². The Labute approximate surface area is 178 Å². The third-order valence-corrected chi connectivity index (χ3v) is 6.87. The molecule has 150 valence electrons. The van der Waals surface area contributed by atoms with Crippen molar-refractivity contribution in [3.8, 4) is 5.75 Å². The Balaban J connectivity index is 1.43. The molecule has 29 heavy (non-hydrogen) atoms. The molecule has 0 radical (unpaired) electrons. The van der Waals surface area contributed by atoms with Crippen molar-refractivity contribution in [3.05, 3.63) is 57.2 Å². The maximum atomic E-state index is 13.2. The minimum atomic E-state index is -0.137. The molecule has 3 aromatic rings. The molecule has 0 unspecified atom stereocenters. The number of halogens is 1. The second-order valence-electron chi connectivity index (χ2n) is 8.37. The lowest BCUT2D eigenvalue weighted by Gasteiger charge is -2.21. The fraction of sp³-hybridized carbons (Fsp3) is 0.391. The van der Waals surface area contributed by atoms with Crippen LogP contribution in [0.2, 0.25) is 0 Å². The summed E-state index contributed by atoms with van der Waals surface area (Å²) in [6.07, 6.45) is 7.40. The molecule has 0 spiro atoms. The number of aromatic amines is 1. The van der Waals surface area contributed by atoms with Gasteiger partial charge in [0.1, 0.15) is 5.75 Å². The summed E-state index contributed by atoms with van der Waals surface area (Å²) >= 11 is 3.50. The summed E-state index contributed by atoms with van der Waals surface area (Å²) in [5.74, 6) is 0.531. The van der Waals surface area contributed by atoms with E-state index in [2.05, 4.69) is 32.2 Å². The Kier molecular flexibility index (Phi) is 4.82. The van der Waals surface area contributed by atoms with Gasteiger partial charge in [0.05, 0.1) is 11.1 Å². The van der Waals surface area contributed by atoms with E-state index in [4.69, 9.17) is 0 Å². The van der Waals surface area contributed by atoms with Crippen LogP contribution in [0.1, 0.15) is 59.3 Å². The van der Waals surface area contributed by atoms with Crippen LogP contribution < -0.4 is 0 Å². The van der Waals surface area contributed by atoms with Gasteiger partial charge < -0.3 is 10.0 Å². The monoisotopic (exact) mass is 453 g/mol. The SMILES string of the molecule is O=C(c1cc2c(CC3CCCCC3)[nH]nc2cc1O)N1Cc2ccc(Br)cc2C1. The van der Waals surface area contributed by atoms with Crippen LogP contribution in [-0.2, 0) is 19.5 Å². The van der Waals surface area contributed by atoms with Gasteiger partial charge in [0.15, 0.2) is 0 Å². The molecule has 1 aliphatic heterocycles. The predicted octanol–water partition coefficient (Wildman–Crippen LogP) is 5.31. The maximum absolute atomic E-state index is 13.2. The van der Waals surface area contributed by atoms with Crippen molar-refractivity contribution in [2.45, 2.75) is 51.6 Å². The van der Waals surface area contributed by atoms with Gasteiger partial charge in [-0.15, -0.1) is 0 Å². The van der Waals surface area contributed by atoms with Crippen molar-refractivity contribution in [3.63, 3.8) is 0 Å². The lowest BCUT2D eigenvalue weighted by molar-refractivity contribution is 0.0748. The molecule has 6 heteroatoms. The van der Waals surface area contributed by atoms with E-state index in [0.717, 1.165) is 38.6 Å². The Bertz CT molecular complexity index is 1090. The quantitative estimate of drug-likeness (QED) is 0.564. The van der Waals surface area contributed by atoms with Crippen molar-refractivity contribution in [2.24, 2.45) is 5.92 Å². The van der Waals surface area contributed by atoms with Gasteiger partial charge in [0.25, 0.3) is 5.91 Å². The molecule has 0 saturated heterocycles. The number of H-pyrrole nitrogens is 1. The number of benzene rings is 2. The second kappa shape index (κ2) is 7.48. The minimum absolute atomic E-state index is 0.00430. The Hall–Kier alpha value is -2.34. The molecule has 5 rings (SSSR count). The van der Waals surface area contributed by atoms with Gasteiger partial charge >= 0.3 is 0 Å². The number of fused-ring (bicyclic) bond motifs is 2. The van der Waals surface area contributed by atoms with Gasteiger partial charge in [-0.2, -0.15) is 5.10 Å². The van der Waals surface area contributed by atoms with E-state index in [9.17, 15) is 9.90 Å². The summed E-state index contributed by atoms with van der Waals surface area (Å²) in [6.45, 7) is 1.13. The minimum Gasteiger partial charge on any atom is -0.507 e. The highest BCUT2D eigenvalue weighted by atomic mass is 79.9. The third kappa shape index (κ3) is 3.54. The Morgan fingerprint density at radius 1 is 1.14 bits per heavy atom. The highest BCUT2D eigenvalue weighted by Gasteiger charge is 2.27. The number of hydrogen-bond acceptors (Lipinski definition) is 3. The molecule has 0 atom stereocenters. The summed E-state index contributed by atoms with van der Waals surface area (Å²) in [5.41, 5.74) is 4.46. The molecule has 2 heterocycles. The van der Waals surface area contributed by atoms with E-state index in [1.54, 1.807) is 11.0 Å². The van der Waals surface area contributed by atoms with Crippen LogP contribution in [-0.4, -0.2) is 26.1 Å². The zero-order valence-corrected chi connectivity index (χ0v) is 17.8. The van der Waals surface area contributed by atoms with Crippen LogP contribution in [0.5, 0.6) is 5.75 Å². The fourth-order valence-electron chi connectivity index (χ4n) is 4.78. The number of phenols is 1. The number of aromatic nitrogens is 2. The summed E-state index contributed by atoms with van der Waals surface area (Å²) in [4.78, 5) is 15.0. The number of carbonyl (C=O) groups is 1. The van der Waals surface area contributed by atoms with Crippen LogP contribution in [0.3, 0.4) is 0 Å². The largest absolute Gasteiger partial charge is 0.507 e. The van der Waals surface area contributed by atoms with Gasteiger partial charge in [0.2, 0.25) is 0 Å². The topological polar surface area (TPSA) is 69.2 Å². The zero-order valence-electron chi connectivity index (χ0n) is 16.2. The molecule has 2 aliphatic rings. The van der Waals surface area contributed by atoms with E-state index >= 15 is 0 Å². The predicted molar refractivity (Wildman–Crippen MR) is 116 cm³/mol. The first kappa shape index (κ1) is 18.7. The van der Waals surface area contributed by atoms with Crippen molar-refractivity contribution in [1.82, 2.24) is 15.1 Å². The molecule has 1 aliphatic carbocycles. The number of nitrogens with one attached hydrogen (secondary N) is 1. The third-order valence-electron chi connectivity index (χ3n) is 6.38. The molecule has 1 amide bonds. The summed E-state index contributed by atoms with van der Waals surface area (Å²) in [7, 11) is 0. The second-order valence-corrected chi connectivity index (χ2v) is 9.29. The Morgan fingerprint density at radius 2 is 1.93 bits per heavy atom.